The first-order valence-electron chi connectivity index (χ1n) is 8.48. The highest BCUT2D eigenvalue weighted by Crippen LogP contribution is 2.07. The van der Waals surface area contributed by atoms with Gasteiger partial charge in [-0.1, -0.05) is 18.2 Å². The molecule has 0 bridgehead atoms. The van der Waals surface area contributed by atoms with Gasteiger partial charge in [-0.3, -0.25) is 4.99 Å². The van der Waals surface area contributed by atoms with Crippen LogP contribution in [0.1, 0.15) is 5.76 Å². The van der Waals surface area contributed by atoms with Crippen LogP contribution in [0.4, 0.5) is 0 Å². The Balaban J connectivity index is 1.79. The summed E-state index contributed by atoms with van der Waals surface area (Å²) in [5.74, 6) is 2.67. The first-order valence-corrected chi connectivity index (χ1v) is 8.48. The lowest BCUT2D eigenvalue weighted by atomic mass is 10.3. The largest absolute Gasteiger partial charge is 0.492 e. The minimum Gasteiger partial charge on any atom is -0.492 e. The van der Waals surface area contributed by atoms with Gasteiger partial charge in [0, 0.05) is 27.1 Å². The van der Waals surface area contributed by atoms with Crippen LogP contribution >= 0.6 is 0 Å². The summed E-state index contributed by atoms with van der Waals surface area (Å²) in [4.78, 5) is 6.63. The van der Waals surface area contributed by atoms with Gasteiger partial charge in [-0.15, -0.1) is 0 Å². The van der Waals surface area contributed by atoms with Gasteiger partial charge in [0.1, 0.15) is 18.1 Å². The van der Waals surface area contributed by atoms with Gasteiger partial charge in [-0.05, 0) is 24.3 Å². The molecular formula is C19H27N3O3. The van der Waals surface area contributed by atoms with Crippen LogP contribution in [-0.4, -0.2) is 57.9 Å². The number of likely N-dealkylation sites (N-methyl/N-ethyl adjacent to an activating group) is 1. The number of guanidine groups is 1. The average Bonchev–Trinajstić information content (AvgIpc) is 3.15. The van der Waals surface area contributed by atoms with E-state index in [4.69, 9.17) is 13.9 Å². The first-order chi connectivity index (χ1) is 12.3. The molecule has 1 aromatic carbocycles. The number of nitrogens with one attached hydrogen (secondary N) is 1. The molecule has 0 unspecified atom stereocenters. The van der Waals surface area contributed by atoms with Gasteiger partial charge >= 0.3 is 0 Å². The summed E-state index contributed by atoms with van der Waals surface area (Å²) in [5.41, 5.74) is 0. The number of rotatable bonds is 10. The molecule has 0 aliphatic heterocycles. The van der Waals surface area contributed by atoms with Crippen LogP contribution in [0.2, 0.25) is 0 Å². The molecule has 25 heavy (non-hydrogen) atoms. The number of benzene rings is 1. The van der Waals surface area contributed by atoms with E-state index >= 15 is 0 Å². The molecule has 1 aromatic heterocycles. The van der Waals surface area contributed by atoms with Crippen molar-refractivity contribution < 1.29 is 13.9 Å². The molecule has 0 aliphatic carbocycles. The minimum absolute atomic E-state index is 0.587. The molecule has 0 saturated heterocycles. The SMILES string of the molecule is COCCN=C(NCCc1ccco1)N(C)CCOc1ccccc1. The standard InChI is InChI=1S/C19H27N3O3/c1-22(13-16-25-17-7-4-3-5-8-17)19(21-12-15-23-2)20-11-10-18-9-6-14-24-18/h3-9,14H,10-13,15-16H2,1-2H3,(H,20,21). The van der Waals surface area contributed by atoms with Crippen molar-refractivity contribution in [2.75, 3.05) is 47.0 Å². The molecule has 2 rings (SSSR count). The minimum atomic E-state index is 0.587. The summed E-state index contributed by atoms with van der Waals surface area (Å²) >= 11 is 0. The topological polar surface area (TPSA) is 59.2 Å². The highest BCUT2D eigenvalue weighted by Gasteiger charge is 2.07. The quantitative estimate of drug-likeness (QED) is 0.407. The molecule has 0 radical (unpaired) electrons. The van der Waals surface area contributed by atoms with Crippen molar-refractivity contribution in [2.45, 2.75) is 6.42 Å². The van der Waals surface area contributed by atoms with Gasteiger partial charge in [0.25, 0.3) is 0 Å². The second kappa shape index (κ2) is 11.1. The second-order valence-electron chi connectivity index (χ2n) is 5.54. The van der Waals surface area contributed by atoms with Gasteiger partial charge in [-0.25, -0.2) is 0 Å². The smallest absolute Gasteiger partial charge is 0.193 e. The Hall–Kier alpha value is -2.47. The normalized spacial score (nSPS) is 11.4. The fourth-order valence-electron chi connectivity index (χ4n) is 2.23. The molecule has 0 aliphatic rings. The van der Waals surface area contributed by atoms with Gasteiger partial charge in [0.15, 0.2) is 5.96 Å². The van der Waals surface area contributed by atoms with Crippen molar-refractivity contribution in [2.24, 2.45) is 4.99 Å². The number of methoxy groups -OCH3 is 1. The van der Waals surface area contributed by atoms with Gasteiger partial charge < -0.3 is 24.1 Å². The van der Waals surface area contributed by atoms with E-state index in [1.807, 2.05) is 49.5 Å². The Kier molecular flexibility index (Phi) is 8.41. The van der Waals surface area contributed by atoms with E-state index < -0.39 is 0 Å². The molecule has 1 heterocycles. The average molecular weight is 345 g/mol. The van der Waals surface area contributed by atoms with Crippen molar-refractivity contribution in [3.05, 3.63) is 54.5 Å². The van der Waals surface area contributed by atoms with Crippen molar-refractivity contribution in [1.82, 2.24) is 10.2 Å². The fraction of sp³-hybridized carbons (Fsp3) is 0.421. The maximum Gasteiger partial charge on any atom is 0.193 e. The van der Waals surface area contributed by atoms with E-state index in [9.17, 15) is 0 Å². The predicted octanol–water partition coefficient (Wildman–Crippen LogP) is 2.42. The third kappa shape index (κ3) is 7.30. The lowest BCUT2D eigenvalue weighted by Gasteiger charge is -2.22. The molecule has 2 aromatic rings. The molecule has 0 amide bonds. The van der Waals surface area contributed by atoms with Crippen molar-refractivity contribution in [1.29, 1.82) is 0 Å². The molecule has 0 spiro atoms. The van der Waals surface area contributed by atoms with Crippen LogP contribution in [0.5, 0.6) is 5.75 Å². The maximum absolute atomic E-state index is 5.75. The summed E-state index contributed by atoms with van der Waals surface area (Å²) < 4.78 is 16.2. The third-order valence-corrected chi connectivity index (χ3v) is 3.59. The van der Waals surface area contributed by atoms with Crippen LogP contribution in [0.25, 0.3) is 0 Å². The Labute approximate surface area is 149 Å². The van der Waals surface area contributed by atoms with Crippen molar-refractivity contribution >= 4 is 5.96 Å². The van der Waals surface area contributed by atoms with E-state index in [1.165, 1.54) is 0 Å². The molecule has 1 N–H and O–H groups in total. The lowest BCUT2D eigenvalue weighted by molar-refractivity contribution is 0.207. The lowest BCUT2D eigenvalue weighted by Crippen LogP contribution is -2.42. The summed E-state index contributed by atoms with van der Waals surface area (Å²) in [6.45, 7) is 3.28. The summed E-state index contributed by atoms with van der Waals surface area (Å²) in [6.07, 6.45) is 2.50. The number of ether oxygens (including phenoxy) is 2. The molecule has 0 fully saturated rings. The number of nitrogens with zero attached hydrogens (tertiary/aromatic N) is 2. The van der Waals surface area contributed by atoms with Crippen LogP contribution in [0.3, 0.4) is 0 Å². The van der Waals surface area contributed by atoms with E-state index in [1.54, 1.807) is 13.4 Å². The fourth-order valence-corrected chi connectivity index (χ4v) is 2.23. The zero-order chi connectivity index (χ0) is 17.7. The number of aliphatic imine (C=N–C) groups is 1. The monoisotopic (exact) mass is 345 g/mol. The Morgan fingerprint density at radius 3 is 2.72 bits per heavy atom. The van der Waals surface area contributed by atoms with E-state index in [0.29, 0.717) is 19.8 Å². The number of hydrogen-bond acceptors (Lipinski definition) is 4. The van der Waals surface area contributed by atoms with Gasteiger partial charge in [0.05, 0.1) is 26.0 Å². The molecule has 0 atom stereocenters. The highest BCUT2D eigenvalue weighted by molar-refractivity contribution is 5.79. The molecular weight excluding hydrogens is 318 g/mol. The highest BCUT2D eigenvalue weighted by atomic mass is 16.5. The van der Waals surface area contributed by atoms with Crippen LogP contribution in [-0.2, 0) is 11.2 Å². The molecule has 0 saturated carbocycles. The van der Waals surface area contributed by atoms with Crippen LogP contribution in [0.15, 0.2) is 58.1 Å². The van der Waals surface area contributed by atoms with Crippen LogP contribution < -0.4 is 10.1 Å². The molecule has 6 heteroatoms. The van der Waals surface area contributed by atoms with Crippen molar-refractivity contribution in [3.63, 3.8) is 0 Å². The van der Waals surface area contributed by atoms with E-state index in [2.05, 4.69) is 15.2 Å². The van der Waals surface area contributed by atoms with Gasteiger partial charge in [-0.2, -0.15) is 0 Å². The molecule has 136 valence electrons. The molecule has 6 nitrogen and oxygen atoms in total. The number of para-hydroxylation sites is 1. The first kappa shape index (κ1) is 18.9. The van der Waals surface area contributed by atoms with E-state index in [0.717, 1.165) is 37.0 Å². The second-order valence-corrected chi connectivity index (χ2v) is 5.54. The summed E-state index contributed by atoms with van der Waals surface area (Å²) in [5, 5.41) is 3.37. The summed E-state index contributed by atoms with van der Waals surface area (Å²) in [7, 11) is 3.68. The van der Waals surface area contributed by atoms with Crippen LogP contribution in [0, 0.1) is 0 Å². The maximum atomic E-state index is 5.75. The summed E-state index contributed by atoms with van der Waals surface area (Å²) in [6, 6.07) is 13.7. The Bertz CT molecular complexity index is 600. The number of hydrogen-bond donors (Lipinski definition) is 1. The Morgan fingerprint density at radius 1 is 1.16 bits per heavy atom. The van der Waals surface area contributed by atoms with Gasteiger partial charge in [0.2, 0.25) is 0 Å². The zero-order valence-electron chi connectivity index (χ0n) is 15.0. The zero-order valence-corrected chi connectivity index (χ0v) is 15.0. The number of furan rings is 1. The Morgan fingerprint density at radius 2 is 2.00 bits per heavy atom. The van der Waals surface area contributed by atoms with E-state index in [-0.39, 0.29) is 0 Å². The third-order valence-electron chi connectivity index (χ3n) is 3.59. The van der Waals surface area contributed by atoms with Crippen molar-refractivity contribution in [3.8, 4) is 5.75 Å². The predicted molar refractivity (Wildman–Crippen MR) is 99.2 cm³/mol.